The Bertz CT molecular complexity index is 348. The monoisotopic (exact) mass is 608 g/mol. The van der Waals surface area contributed by atoms with Crippen LogP contribution in [0.15, 0.2) is 31.0 Å². The van der Waals surface area contributed by atoms with Crippen LogP contribution in [0.5, 0.6) is 0 Å². The average Bonchev–Trinajstić information content (AvgIpc) is 2.12. The van der Waals surface area contributed by atoms with E-state index >= 15 is 0 Å². The Morgan fingerprint density at radius 3 is 1.62 bits per heavy atom. The van der Waals surface area contributed by atoms with E-state index in [9.17, 15) is 0 Å². The van der Waals surface area contributed by atoms with Gasteiger partial charge < -0.3 is 0 Å². The van der Waals surface area contributed by atoms with Crippen LogP contribution in [0.3, 0.4) is 0 Å². The zero-order valence-electron chi connectivity index (χ0n) is 11.5. The molecule has 0 saturated carbocycles. The molecule has 0 amide bonds. The third-order valence-corrected chi connectivity index (χ3v) is 67.6. The molecule has 0 aliphatic heterocycles. The molecule has 0 saturated heterocycles. The molecule has 0 nitrogen and oxygen atoms in total. The van der Waals surface area contributed by atoms with E-state index in [2.05, 4.69) is 63.3 Å². The zero-order valence-corrected chi connectivity index (χ0v) is 19.2. The van der Waals surface area contributed by atoms with E-state index in [1.807, 2.05) is 0.692 Å². The van der Waals surface area contributed by atoms with Gasteiger partial charge in [-0.2, -0.15) is 0 Å². The molecule has 0 unspecified atom stereocenters. The Kier molecular flexibility index (Phi) is 5.23. The van der Waals surface area contributed by atoms with Crippen molar-refractivity contribution in [1.82, 2.24) is 0 Å². The van der Waals surface area contributed by atoms with Gasteiger partial charge >= 0.3 is 112 Å². The van der Waals surface area contributed by atoms with Crippen molar-refractivity contribution in [2.75, 3.05) is 0 Å². The van der Waals surface area contributed by atoms with Crippen LogP contribution in [0.2, 0.25) is 26.9 Å². The van der Waals surface area contributed by atoms with Crippen LogP contribution in [0.4, 0.5) is 0 Å². The first-order chi connectivity index (χ1) is 7.21. The van der Waals surface area contributed by atoms with Gasteiger partial charge in [0.15, 0.2) is 0 Å². The Morgan fingerprint density at radius 1 is 0.812 bits per heavy atom. The number of rotatable bonds is 3. The molecular weight excluding hydrogens is 583 g/mol. The van der Waals surface area contributed by atoms with Gasteiger partial charge in [0.1, 0.15) is 0 Å². The molecule has 2 heteroatoms. The average molecular weight is 607 g/mol. The molecule has 16 heavy (non-hydrogen) atoms. The van der Waals surface area contributed by atoms with Crippen LogP contribution in [0.25, 0.3) is 6.08 Å². The van der Waals surface area contributed by atoms with E-state index in [4.69, 9.17) is 0 Å². The maximum atomic E-state index is 2.56. The van der Waals surface area contributed by atoms with Crippen molar-refractivity contribution in [2.45, 2.75) is 26.9 Å². The summed E-state index contributed by atoms with van der Waals surface area (Å²) in [6, 6.07) is 10.9. The van der Waals surface area contributed by atoms with Gasteiger partial charge in [-0.15, -0.1) is 0 Å². The quantitative estimate of drug-likeness (QED) is 0.433. The van der Waals surface area contributed by atoms with E-state index in [1.54, 1.807) is 0 Å². The van der Waals surface area contributed by atoms with Gasteiger partial charge in [0.05, 0.1) is 0 Å². The Labute approximate surface area is 110 Å². The molecule has 1 aromatic rings. The summed E-state index contributed by atoms with van der Waals surface area (Å²) in [4.78, 5) is 0. The normalized spacial score (nSPS) is 12.4. The van der Waals surface area contributed by atoms with Crippen LogP contribution in [-0.4, -0.2) is 42.3 Å². The molecule has 0 aliphatic carbocycles. The second-order valence-corrected chi connectivity index (χ2v) is 53.2. The molecule has 0 fully saturated rings. The molecule has 88 valence electrons. The summed E-state index contributed by atoms with van der Waals surface area (Å²) in [7, 11) is 0. The first-order valence-corrected chi connectivity index (χ1v) is 33.2. The van der Waals surface area contributed by atoms with E-state index < -0.39 is 42.3 Å². The van der Waals surface area contributed by atoms with E-state index in [0.717, 1.165) is 0 Å². The van der Waals surface area contributed by atoms with Crippen molar-refractivity contribution >= 4 is 48.4 Å². The third-order valence-electron chi connectivity index (χ3n) is 2.73. The second kappa shape index (κ2) is 5.63. The van der Waals surface area contributed by atoms with E-state index in [-0.39, 0.29) is 0 Å². The van der Waals surface area contributed by atoms with E-state index in [1.165, 1.54) is 5.56 Å². The van der Waals surface area contributed by atoms with Gasteiger partial charge in [0.2, 0.25) is 0 Å². The van der Waals surface area contributed by atoms with Crippen molar-refractivity contribution in [3.63, 3.8) is 0 Å². The number of benzene rings is 1. The molecule has 0 aromatic heterocycles. The topological polar surface area (TPSA) is 0 Å². The second-order valence-electron chi connectivity index (χ2n) is 6.47. The molecule has 0 aliphatic rings. The van der Waals surface area contributed by atoms with Crippen LogP contribution in [0.1, 0.15) is 5.56 Å². The fourth-order valence-corrected chi connectivity index (χ4v) is 92.4. The minimum absolute atomic E-state index is 1.40. The summed E-state index contributed by atoms with van der Waals surface area (Å²) < 4.78 is 17.3. The first kappa shape index (κ1) is 14.9. The van der Waals surface area contributed by atoms with Gasteiger partial charge in [-0.1, -0.05) is 0 Å². The third kappa shape index (κ3) is 4.59. The van der Waals surface area contributed by atoms with Crippen LogP contribution >= 0.6 is 0 Å². The molecule has 1 aromatic carbocycles. The summed E-state index contributed by atoms with van der Waals surface area (Å²) in [6.45, 7) is 0. The molecule has 1 rings (SSSR count). The van der Waals surface area contributed by atoms with Gasteiger partial charge in [-0.25, -0.2) is 0 Å². The van der Waals surface area contributed by atoms with Gasteiger partial charge in [0.25, 0.3) is 0 Å². The van der Waals surface area contributed by atoms with Gasteiger partial charge in [-0.3, -0.25) is 0 Å². The minimum atomic E-state index is -2.02. The maximum absolute atomic E-state index is 2.56. The summed E-state index contributed by atoms with van der Waals surface area (Å²) in [6.07, 6.45) is 2.53. The molecule has 0 N–H and O–H groups in total. The molecule has 0 heterocycles. The summed E-state index contributed by atoms with van der Waals surface area (Å²) >= 11 is -4.04. The predicted octanol–water partition coefficient (Wildman–Crippen LogP) is 4.82. The fraction of sp³-hybridized carbons (Fsp3) is 0.429. The predicted molar refractivity (Wildman–Crippen MR) is 81.1 cm³/mol. The zero-order chi connectivity index (χ0) is 12.4. The molecule has 0 radical (unpaired) electrons. The van der Waals surface area contributed by atoms with Crippen molar-refractivity contribution in [1.29, 1.82) is 0 Å². The Morgan fingerprint density at radius 2 is 1.25 bits per heavy atom. The van der Waals surface area contributed by atoms with Crippen LogP contribution in [0, 0.1) is 0 Å². The van der Waals surface area contributed by atoms with Gasteiger partial charge in [-0.05, 0) is 0 Å². The van der Waals surface area contributed by atoms with Crippen molar-refractivity contribution in [3.05, 3.63) is 36.6 Å². The van der Waals surface area contributed by atoms with E-state index in [0.29, 0.717) is 0 Å². The summed E-state index contributed by atoms with van der Waals surface area (Å²) in [5.74, 6) is 0. The molecule has 0 bridgehead atoms. The first-order valence-electron chi connectivity index (χ1n) is 5.99. The fourth-order valence-electron chi connectivity index (χ4n) is 2.27. The molecular formula is C14H24Pb2. The number of hydrogen-bond donors (Lipinski definition) is 0. The molecule has 0 atom stereocenters. The van der Waals surface area contributed by atoms with Crippen LogP contribution in [-0.2, 0) is 0 Å². The summed E-state index contributed by atoms with van der Waals surface area (Å²) in [5.41, 5.74) is 1.40. The summed E-state index contributed by atoms with van der Waals surface area (Å²) in [5, 5.41) is 0. The molecule has 0 spiro atoms. The Balaban J connectivity index is 3.19. The Hall–Kier alpha value is 0.804. The van der Waals surface area contributed by atoms with Crippen molar-refractivity contribution in [3.8, 4) is 0 Å². The van der Waals surface area contributed by atoms with Crippen LogP contribution < -0.4 is 0 Å². The standard InChI is InChI=1S/C8H6.6CH3.2Pb/c1-2-8-6-4-3-5-7-8;;;;;;;;/h2-7H;6*1H3;;. The van der Waals surface area contributed by atoms with Gasteiger partial charge in [0, 0.05) is 0 Å². The number of hydrogen-bond acceptors (Lipinski definition) is 0. The SMILES string of the molecule is [CH3][Pb]([CH3])([CH3])[C](=Cc1ccccc1)[Pb]([CH3])([CH3])[CH3]. The van der Waals surface area contributed by atoms with Crippen molar-refractivity contribution in [2.24, 2.45) is 0 Å². The van der Waals surface area contributed by atoms with Crippen molar-refractivity contribution < 1.29 is 0 Å².